The van der Waals surface area contributed by atoms with Gasteiger partial charge in [0.05, 0.1) is 29.8 Å². The Labute approximate surface area is 259 Å². The Balaban J connectivity index is 1.19. The van der Waals surface area contributed by atoms with E-state index in [1.165, 1.54) is 12.1 Å². The van der Waals surface area contributed by atoms with Gasteiger partial charge in [0, 0.05) is 42.7 Å². The summed E-state index contributed by atoms with van der Waals surface area (Å²) in [6.45, 7) is 4.83. The number of esters is 1. The van der Waals surface area contributed by atoms with Crippen molar-refractivity contribution < 1.29 is 23.5 Å². The molecule has 0 spiro atoms. The number of hydrogen-bond acceptors (Lipinski definition) is 5. The van der Waals surface area contributed by atoms with Crippen LogP contribution in [0, 0.1) is 5.82 Å². The highest BCUT2D eigenvalue weighted by molar-refractivity contribution is 5.96. The summed E-state index contributed by atoms with van der Waals surface area (Å²) in [5.41, 5.74) is 4.30. The number of fused-ring (bicyclic) bond motifs is 1. The Morgan fingerprint density at radius 2 is 1.71 bits per heavy atom. The van der Waals surface area contributed by atoms with Gasteiger partial charge in [0.1, 0.15) is 5.82 Å². The number of carbonyl (C=O) groups is 3. The molecule has 10 heteroatoms. The third-order valence-electron chi connectivity index (χ3n) is 8.85. The predicted octanol–water partition coefficient (Wildman–Crippen LogP) is 5.30. The van der Waals surface area contributed by atoms with E-state index in [-0.39, 0.29) is 43.1 Å². The molecule has 2 aliphatic rings. The number of nitrogens with one attached hydrogen (secondary N) is 1. The quantitative estimate of drug-likeness (QED) is 0.286. The van der Waals surface area contributed by atoms with Crippen LogP contribution in [-0.4, -0.2) is 56.8 Å². The van der Waals surface area contributed by atoms with Crippen molar-refractivity contribution in [2.24, 2.45) is 0 Å². The molecule has 1 fully saturated rings. The number of hydrogen-bond donors (Lipinski definition) is 1. The zero-order valence-corrected chi connectivity index (χ0v) is 25.3. The first-order valence-corrected chi connectivity index (χ1v) is 15.3. The lowest BCUT2D eigenvalue weighted by Crippen LogP contribution is -2.40. The Morgan fingerprint density at radius 1 is 0.978 bits per heavy atom. The molecule has 0 saturated carbocycles. The van der Waals surface area contributed by atoms with Crippen molar-refractivity contribution in [2.45, 2.75) is 51.6 Å². The van der Waals surface area contributed by atoms with E-state index in [9.17, 15) is 23.6 Å². The van der Waals surface area contributed by atoms with Gasteiger partial charge in [0.2, 0.25) is 5.91 Å². The van der Waals surface area contributed by atoms with Crippen molar-refractivity contribution in [3.8, 4) is 0 Å². The maximum atomic E-state index is 13.6. The third kappa shape index (κ3) is 5.92. The first-order valence-electron chi connectivity index (χ1n) is 15.3. The number of halogens is 1. The lowest BCUT2D eigenvalue weighted by Gasteiger charge is -2.35. The smallest absolute Gasteiger partial charge is 0.336 e. The number of likely N-dealkylation sites (tertiary alicyclic amines) is 1. The molecule has 0 aliphatic carbocycles. The molecule has 3 aromatic carbocycles. The minimum Gasteiger partial charge on any atom is -0.463 e. The average Bonchev–Trinajstić information content (AvgIpc) is 3.38. The normalized spacial score (nSPS) is 17.7. The highest BCUT2D eigenvalue weighted by atomic mass is 19.1. The highest BCUT2D eigenvalue weighted by Gasteiger charge is 2.37. The van der Waals surface area contributed by atoms with Gasteiger partial charge < -0.3 is 19.5 Å². The summed E-state index contributed by atoms with van der Waals surface area (Å²) in [6, 6.07) is 20.6. The largest absolute Gasteiger partial charge is 0.463 e. The molecule has 1 saturated heterocycles. The second-order valence-corrected chi connectivity index (χ2v) is 11.5. The number of amides is 2. The number of nitrogens with zero attached hydrogens (tertiary/aromatic N) is 3. The maximum Gasteiger partial charge on any atom is 0.336 e. The molecule has 1 N–H and O–H groups in total. The number of rotatable bonds is 7. The van der Waals surface area contributed by atoms with Crippen molar-refractivity contribution in [1.82, 2.24) is 19.4 Å². The van der Waals surface area contributed by atoms with Gasteiger partial charge >= 0.3 is 11.7 Å². The van der Waals surface area contributed by atoms with Crippen LogP contribution in [-0.2, 0) is 20.9 Å². The van der Waals surface area contributed by atoms with Crippen LogP contribution in [0.2, 0.25) is 0 Å². The first kappa shape index (κ1) is 30.1. The van der Waals surface area contributed by atoms with Gasteiger partial charge in [0.15, 0.2) is 0 Å². The number of carbonyl (C=O) groups excluding carboxylic acids is 3. The van der Waals surface area contributed by atoms with Gasteiger partial charge in [-0.15, -0.1) is 0 Å². The number of piperidine rings is 1. The van der Waals surface area contributed by atoms with Gasteiger partial charge in [0.25, 0.3) is 5.91 Å². The van der Waals surface area contributed by atoms with Crippen LogP contribution in [0.4, 0.5) is 4.39 Å². The van der Waals surface area contributed by atoms with Gasteiger partial charge in [-0.05, 0) is 74.2 Å². The summed E-state index contributed by atoms with van der Waals surface area (Å²) in [6.07, 6.45) is 1.35. The number of aromatic amines is 1. The number of H-pyrrole nitrogens is 1. The zero-order valence-electron chi connectivity index (χ0n) is 25.3. The van der Waals surface area contributed by atoms with E-state index < -0.39 is 17.7 Å². The molecule has 9 nitrogen and oxygen atoms in total. The predicted molar refractivity (Wildman–Crippen MR) is 167 cm³/mol. The number of allylic oxidation sites excluding steroid dienone is 1. The minimum absolute atomic E-state index is 0.00348. The Morgan fingerprint density at radius 3 is 2.44 bits per heavy atom. The molecule has 1 unspecified atom stereocenters. The van der Waals surface area contributed by atoms with E-state index in [1.807, 2.05) is 30.3 Å². The van der Waals surface area contributed by atoms with Gasteiger partial charge in [-0.1, -0.05) is 36.4 Å². The molecule has 2 aliphatic heterocycles. The van der Waals surface area contributed by atoms with Crippen molar-refractivity contribution in [1.29, 1.82) is 0 Å². The second-order valence-electron chi connectivity index (χ2n) is 11.5. The number of imidazole rings is 1. The number of ether oxygens (including phenoxy) is 1. The van der Waals surface area contributed by atoms with Gasteiger partial charge in [-0.3, -0.25) is 14.2 Å². The molecule has 2 amide bonds. The summed E-state index contributed by atoms with van der Waals surface area (Å²) in [5.74, 6) is -1.75. The molecule has 6 rings (SSSR count). The van der Waals surface area contributed by atoms with Crippen molar-refractivity contribution >= 4 is 28.8 Å². The first-order chi connectivity index (χ1) is 21.7. The molecular weight excluding hydrogens is 575 g/mol. The fraction of sp³-hybridized carbons (Fsp3) is 0.314. The minimum atomic E-state index is -0.552. The molecule has 0 bridgehead atoms. The SMILES string of the molecule is CCOC(=O)C1=C(C)N(Cc2cccc(C(=O)N3CCC(n4c(=O)[nH]c5ccccc54)CC3)c2)C(=O)CC1c1ccc(F)cc1. The Hall–Kier alpha value is -4.99. The molecule has 232 valence electrons. The van der Waals surface area contributed by atoms with Crippen LogP contribution in [0.25, 0.3) is 11.0 Å². The Kier molecular flexibility index (Phi) is 8.38. The summed E-state index contributed by atoms with van der Waals surface area (Å²) in [4.78, 5) is 59.1. The highest BCUT2D eigenvalue weighted by Crippen LogP contribution is 2.38. The van der Waals surface area contributed by atoms with Gasteiger partial charge in [-0.25, -0.2) is 14.0 Å². The van der Waals surface area contributed by atoms with Crippen LogP contribution < -0.4 is 5.69 Å². The van der Waals surface area contributed by atoms with Crippen LogP contribution in [0.3, 0.4) is 0 Å². The van der Waals surface area contributed by atoms with E-state index in [4.69, 9.17) is 4.74 Å². The standard InChI is InChI=1S/C35H35FN4O5/c1-3-45-34(43)32-22(2)39(31(41)20-28(32)24-11-13-26(36)14-12-24)21-23-7-6-8-25(19-23)33(42)38-17-15-27(16-18-38)40-30-10-5-4-9-29(30)37-35(40)44/h4-14,19,27-28H,3,15-18,20-21H2,1-2H3,(H,37,44). The molecule has 3 heterocycles. The maximum absolute atomic E-state index is 13.6. The van der Waals surface area contributed by atoms with Crippen molar-refractivity contribution in [3.05, 3.63) is 117 Å². The topological polar surface area (TPSA) is 105 Å². The third-order valence-corrected chi connectivity index (χ3v) is 8.85. The zero-order chi connectivity index (χ0) is 31.7. The van der Waals surface area contributed by atoms with E-state index in [0.717, 1.165) is 16.6 Å². The average molecular weight is 611 g/mol. The van der Waals surface area contributed by atoms with Crippen LogP contribution in [0.5, 0.6) is 0 Å². The summed E-state index contributed by atoms with van der Waals surface area (Å²) < 4.78 is 20.8. The Bertz CT molecular complexity index is 1850. The lowest BCUT2D eigenvalue weighted by atomic mass is 9.83. The number of benzene rings is 3. The fourth-order valence-electron chi connectivity index (χ4n) is 6.59. The van der Waals surface area contributed by atoms with E-state index in [1.54, 1.807) is 58.5 Å². The van der Waals surface area contributed by atoms with E-state index in [2.05, 4.69) is 4.98 Å². The monoisotopic (exact) mass is 610 g/mol. The number of aromatic nitrogens is 2. The number of para-hydroxylation sites is 2. The summed E-state index contributed by atoms with van der Waals surface area (Å²) >= 11 is 0. The van der Waals surface area contributed by atoms with E-state index in [0.29, 0.717) is 48.3 Å². The summed E-state index contributed by atoms with van der Waals surface area (Å²) in [5, 5.41) is 0. The molecule has 1 aromatic heterocycles. The second kappa shape index (κ2) is 12.6. The molecule has 0 radical (unpaired) electrons. The van der Waals surface area contributed by atoms with E-state index >= 15 is 0 Å². The summed E-state index contributed by atoms with van der Waals surface area (Å²) in [7, 11) is 0. The molecule has 4 aromatic rings. The van der Waals surface area contributed by atoms with Crippen molar-refractivity contribution in [3.63, 3.8) is 0 Å². The molecular formula is C35H35FN4O5. The molecule has 1 atom stereocenters. The van der Waals surface area contributed by atoms with Crippen molar-refractivity contribution in [2.75, 3.05) is 19.7 Å². The van der Waals surface area contributed by atoms with Gasteiger partial charge in [-0.2, -0.15) is 0 Å². The fourth-order valence-corrected chi connectivity index (χ4v) is 6.59. The van der Waals surface area contributed by atoms with Crippen LogP contribution in [0.15, 0.2) is 88.9 Å². The lowest BCUT2D eigenvalue weighted by molar-refractivity contribution is -0.140. The van der Waals surface area contributed by atoms with Crippen LogP contribution >= 0.6 is 0 Å². The van der Waals surface area contributed by atoms with Crippen LogP contribution in [0.1, 0.15) is 66.6 Å². The molecule has 45 heavy (non-hydrogen) atoms.